The predicted molar refractivity (Wildman–Crippen MR) is 122 cm³/mol. The van der Waals surface area contributed by atoms with E-state index in [0.29, 0.717) is 34.0 Å². The van der Waals surface area contributed by atoms with Gasteiger partial charge in [0.05, 0.1) is 17.4 Å². The third kappa shape index (κ3) is 3.29. The van der Waals surface area contributed by atoms with Crippen LogP contribution in [-0.4, -0.2) is 46.0 Å². The molecule has 1 fully saturated rings. The number of nitrogens with zero attached hydrogens (tertiary/aromatic N) is 3. The minimum atomic E-state index is -0.236. The van der Waals surface area contributed by atoms with Gasteiger partial charge in [-0.3, -0.25) is 9.59 Å². The Morgan fingerprint density at radius 1 is 1.10 bits per heavy atom. The lowest BCUT2D eigenvalue weighted by molar-refractivity contribution is 0.0543. The van der Waals surface area contributed by atoms with Crippen molar-refractivity contribution in [2.45, 2.75) is 19.9 Å². The minimum absolute atomic E-state index is 0.0287. The molecule has 0 spiro atoms. The van der Waals surface area contributed by atoms with E-state index >= 15 is 0 Å². The summed E-state index contributed by atoms with van der Waals surface area (Å²) in [6.45, 7) is 4.74. The van der Waals surface area contributed by atoms with Crippen LogP contribution in [0, 0.1) is 13.8 Å². The number of nitrogens with two attached hydrogens (primary N) is 1. The van der Waals surface area contributed by atoms with Crippen molar-refractivity contribution >= 4 is 49.8 Å². The predicted octanol–water partition coefficient (Wildman–Crippen LogP) is 3.30. The average Bonchev–Trinajstić information content (AvgIpc) is 3.09. The first-order valence-electron chi connectivity index (χ1n) is 10.0. The first kappa shape index (κ1) is 19.4. The topological polar surface area (TPSA) is 101 Å². The van der Waals surface area contributed by atoms with Crippen LogP contribution in [0.25, 0.3) is 21.0 Å². The molecule has 0 aliphatic carbocycles. The Labute approximate surface area is 182 Å². The number of aromatic nitrogens is 2. The number of fused-ring (bicyclic) bond motifs is 2. The van der Waals surface area contributed by atoms with Crippen LogP contribution in [0.5, 0.6) is 0 Å². The van der Waals surface area contributed by atoms with Crippen LogP contribution < -0.4 is 11.1 Å². The highest BCUT2D eigenvalue weighted by atomic mass is 32.1. The van der Waals surface area contributed by atoms with E-state index in [1.807, 2.05) is 56.3 Å². The Bertz CT molecular complexity index is 1360. The van der Waals surface area contributed by atoms with Crippen molar-refractivity contribution in [2.75, 3.05) is 18.8 Å². The first-order chi connectivity index (χ1) is 14.9. The van der Waals surface area contributed by atoms with Crippen molar-refractivity contribution in [1.82, 2.24) is 20.4 Å². The molecule has 2 aromatic carbocycles. The van der Waals surface area contributed by atoms with E-state index in [2.05, 4.69) is 15.5 Å². The minimum Gasteiger partial charge on any atom is -0.397 e. The maximum atomic E-state index is 12.8. The summed E-state index contributed by atoms with van der Waals surface area (Å²) < 4.78 is 0. The number of hydrogen-bond donors (Lipinski definition) is 2. The zero-order valence-electron chi connectivity index (χ0n) is 17.2. The lowest BCUT2D eigenvalue weighted by Crippen LogP contribution is -2.60. The van der Waals surface area contributed by atoms with Crippen LogP contribution in [0.15, 0.2) is 42.5 Å². The highest BCUT2D eigenvalue weighted by molar-refractivity contribution is 7.21. The smallest absolute Gasteiger partial charge is 0.263 e. The summed E-state index contributed by atoms with van der Waals surface area (Å²) in [4.78, 5) is 28.4. The summed E-state index contributed by atoms with van der Waals surface area (Å²) in [5, 5.41) is 14.2. The molecule has 4 aromatic rings. The number of thiophene rings is 1. The third-order valence-corrected chi connectivity index (χ3v) is 6.93. The molecule has 2 amide bonds. The SMILES string of the molecule is Cc1nnc2sc(C(=O)NC3CN(C(=O)c4ccc5ccccc5c4)C3)c(N)c2c1C. The number of nitrogens with one attached hydrogen (secondary N) is 1. The molecule has 2 aromatic heterocycles. The van der Waals surface area contributed by atoms with E-state index in [-0.39, 0.29) is 17.9 Å². The van der Waals surface area contributed by atoms with Gasteiger partial charge in [-0.2, -0.15) is 5.10 Å². The Hall–Kier alpha value is -3.52. The summed E-state index contributed by atoms with van der Waals surface area (Å²) in [7, 11) is 0. The zero-order chi connectivity index (χ0) is 21.7. The second-order valence-corrected chi connectivity index (χ2v) is 8.88. The summed E-state index contributed by atoms with van der Waals surface area (Å²) >= 11 is 1.25. The van der Waals surface area contributed by atoms with Gasteiger partial charge in [-0.05, 0) is 42.3 Å². The molecule has 1 aliphatic rings. The highest BCUT2D eigenvalue weighted by Crippen LogP contribution is 2.35. The average molecular weight is 432 g/mol. The van der Waals surface area contributed by atoms with Gasteiger partial charge < -0.3 is 16.0 Å². The molecule has 0 unspecified atom stereocenters. The van der Waals surface area contributed by atoms with Crippen LogP contribution in [0.2, 0.25) is 0 Å². The maximum absolute atomic E-state index is 12.8. The largest absolute Gasteiger partial charge is 0.397 e. The van der Waals surface area contributed by atoms with Crippen molar-refractivity contribution < 1.29 is 9.59 Å². The Morgan fingerprint density at radius 2 is 1.84 bits per heavy atom. The molecule has 1 aliphatic heterocycles. The van der Waals surface area contributed by atoms with Crippen LogP contribution >= 0.6 is 11.3 Å². The lowest BCUT2D eigenvalue weighted by Gasteiger charge is -2.39. The number of carbonyl (C=O) groups is 2. The molecule has 0 atom stereocenters. The van der Waals surface area contributed by atoms with E-state index in [1.54, 1.807) is 4.90 Å². The first-order valence-corrected chi connectivity index (χ1v) is 10.8. The Balaban J connectivity index is 1.26. The Kier molecular flexibility index (Phi) is 4.59. The van der Waals surface area contributed by atoms with Crippen LogP contribution in [0.1, 0.15) is 31.3 Å². The number of amides is 2. The monoisotopic (exact) mass is 431 g/mol. The molecular formula is C23H21N5O2S. The normalized spacial score (nSPS) is 14.1. The molecule has 5 rings (SSSR count). The molecule has 156 valence electrons. The van der Waals surface area contributed by atoms with Gasteiger partial charge in [-0.15, -0.1) is 16.4 Å². The van der Waals surface area contributed by atoms with Gasteiger partial charge in [-0.25, -0.2) is 0 Å². The van der Waals surface area contributed by atoms with Crippen LogP contribution in [-0.2, 0) is 0 Å². The van der Waals surface area contributed by atoms with Crippen molar-refractivity contribution in [2.24, 2.45) is 0 Å². The van der Waals surface area contributed by atoms with Gasteiger partial charge in [-0.1, -0.05) is 30.3 Å². The van der Waals surface area contributed by atoms with Gasteiger partial charge in [0.25, 0.3) is 11.8 Å². The molecule has 31 heavy (non-hydrogen) atoms. The van der Waals surface area contributed by atoms with Gasteiger partial charge in [0.2, 0.25) is 0 Å². The van der Waals surface area contributed by atoms with E-state index in [9.17, 15) is 9.59 Å². The summed E-state index contributed by atoms with van der Waals surface area (Å²) in [5.41, 5.74) is 9.09. The summed E-state index contributed by atoms with van der Waals surface area (Å²) in [5.74, 6) is -0.264. The fourth-order valence-electron chi connectivity index (χ4n) is 3.90. The molecular weight excluding hydrogens is 410 g/mol. The van der Waals surface area contributed by atoms with E-state index < -0.39 is 0 Å². The molecule has 0 bridgehead atoms. The number of likely N-dealkylation sites (tertiary alicyclic amines) is 1. The molecule has 3 heterocycles. The highest BCUT2D eigenvalue weighted by Gasteiger charge is 2.33. The third-order valence-electron chi connectivity index (χ3n) is 5.84. The number of hydrogen-bond acceptors (Lipinski definition) is 6. The quantitative estimate of drug-likeness (QED) is 0.518. The maximum Gasteiger partial charge on any atom is 0.263 e. The fraction of sp³-hybridized carbons (Fsp3) is 0.217. The van der Waals surface area contributed by atoms with Crippen molar-refractivity contribution in [3.05, 3.63) is 64.2 Å². The fourth-order valence-corrected chi connectivity index (χ4v) is 4.90. The number of benzene rings is 2. The van der Waals surface area contributed by atoms with Crippen molar-refractivity contribution in [3.8, 4) is 0 Å². The second-order valence-electron chi connectivity index (χ2n) is 7.88. The number of carbonyl (C=O) groups excluding carboxylic acids is 2. The van der Waals surface area contributed by atoms with Crippen LogP contribution in [0.3, 0.4) is 0 Å². The van der Waals surface area contributed by atoms with Gasteiger partial charge >= 0.3 is 0 Å². The molecule has 7 nitrogen and oxygen atoms in total. The number of anilines is 1. The lowest BCUT2D eigenvalue weighted by atomic mass is 10.0. The Morgan fingerprint density at radius 3 is 2.61 bits per heavy atom. The van der Waals surface area contributed by atoms with Gasteiger partial charge in [0.15, 0.2) is 0 Å². The van der Waals surface area contributed by atoms with Gasteiger partial charge in [0, 0.05) is 24.0 Å². The summed E-state index contributed by atoms with van der Waals surface area (Å²) in [6.07, 6.45) is 0. The van der Waals surface area contributed by atoms with Gasteiger partial charge in [0.1, 0.15) is 9.71 Å². The van der Waals surface area contributed by atoms with Crippen LogP contribution in [0.4, 0.5) is 5.69 Å². The van der Waals surface area contributed by atoms with Crippen molar-refractivity contribution in [3.63, 3.8) is 0 Å². The van der Waals surface area contributed by atoms with Crippen molar-refractivity contribution in [1.29, 1.82) is 0 Å². The molecule has 0 saturated carbocycles. The molecule has 3 N–H and O–H groups in total. The molecule has 1 saturated heterocycles. The zero-order valence-corrected chi connectivity index (χ0v) is 18.0. The standard InChI is InChI=1S/C23H21N5O2S/c1-12-13(2)26-27-22-18(12)19(24)20(31-22)21(29)25-17-10-28(11-17)23(30)16-8-7-14-5-3-4-6-15(14)9-16/h3-9,17H,10-11,24H2,1-2H3,(H,25,29). The van der Waals surface area contributed by atoms with E-state index in [1.165, 1.54) is 11.3 Å². The molecule has 0 radical (unpaired) electrons. The number of nitrogen functional groups attached to an aromatic ring is 1. The number of aryl methyl sites for hydroxylation is 2. The second kappa shape index (κ2) is 7.31. The summed E-state index contributed by atoms with van der Waals surface area (Å²) in [6, 6.07) is 13.6. The number of rotatable bonds is 3. The molecule has 8 heteroatoms. The van der Waals surface area contributed by atoms with E-state index in [0.717, 1.165) is 27.4 Å². The van der Waals surface area contributed by atoms with E-state index in [4.69, 9.17) is 5.73 Å².